The molecule has 0 heterocycles. The van der Waals surface area contributed by atoms with Crippen molar-refractivity contribution < 1.29 is 4.74 Å². The molecule has 0 aromatic heterocycles. The zero-order valence-electron chi connectivity index (χ0n) is 7.02. The molecule has 0 N–H and O–H groups in total. The second-order valence-corrected chi connectivity index (χ2v) is 2.45. The monoisotopic (exact) mass is 173 g/mol. The summed E-state index contributed by atoms with van der Waals surface area (Å²) in [5, 5.41) is 0.404. The molecule has 0 fully saturated rings. The number of nitrogens with zero attached hydrogens (tertiary/aromatic N) is 1. The number of allylic oxidation sites excluding steroid dienone is 3. The molecular weight excluding hydrogens is 162 g/mol. The molecule has 0 bridgehead atoms. The third kappa shape index (κ3) is 3.83. The highest BCUT2D eigenvalue weighted by atomic mass is 35.5. The van der Waals surface area contributed by atoms with Crippen molar-refractivity contribution in [3.05, 3.63) is 22.6 Å². The van der Waals surface area contributed by atoms with Gasteiger partial charge in [-0.25, -0.2) is 0 Å². The van der Waals surface area contributed by atoms with Crippen LogP contribution in [-0.2, 0) is 4.74 Å². The van der Waals surface area contributed by atoms with Gasteiger partial charge in [-0.05, 0) is 32.2 Å². The minimum absolute atomic E-state index is 0.404. The topological polar surface area (TPSA) is 21.6 Å². The van der Waals surface area contributed by atoms with Crippen LogP contribution in [0.4, 0.5) is 0 Å². The summed E-state index contributed by atoms with van der Waals surface area (Å²) in [6.07, 6.45) is 1.80. The van der Waals surface area contributed by atoms with E-state index in [1.807, 2.05) is 13.8 Å². The summed E-state index contributed by atoms with van der Waals surface area (Å²) in [6, 6.07) is 0. The molecule has 0 aromatic rings. The predicted octanol–water partition coefficient (Wildman–Crippen LogP) is 2.71. The van der Waals surface area contributed by atoms with Crippen LogP contribution in [0.2, 0.25) is 0 Å². The number of hydrogen-bond donors (Lipinski definition) is 0. The van der Waals surface area contributed by atoms with E-state index < -0.39 is 0 Å². The lowest BCUT2D eigenvalue weighted by Crippen LogP contribution is -1.81. The fourth-order valence-electron chi connectivity index (χ4n) is 0.548. The second-order valence-electron chi connectivity index (χ2n) is 2.09. The maximum Gasteiger partial charge on any atom is 0.131 e. The molecule has 0 rings (SSSR count). The van der Waals surface area contributed by atoms with E-state index in [9.17, 15) is 0 Å². The van der Waals surface area contributed by atoms with Crippen molar-refractivity contribution in [1.82, 2.24) is 0 Å². The van der Waals surface area contributed by atoms with Crippen molar-refractivity contribution in [2.45, 2.75) is 13.8 Å². The van der Waals surface area contributed by atoms with Crippen molar-refractivity contribution in [3.63, 3.8) is 0 Å². The summed E-state index contributed by atoms with van der Waals surface area (Å²) in [7, 11) is 1.61. The molecule has 2 nitrogen and oxygen atoms in total. The minimum atomic E-state index is 0.404. The fraction of sp³-hybridized carbons (Fsp3) is 0.375. The van der Waals surface area contributed by atoms with E-state index in [1.165, 1.54) is 0 Å². The third-order valence-electron chi connectivity index (χ3n) is 1.21. The molecule has 0 aliphatic carbocycles. The van der Waals surface area contributed by atoms with E-state index in [0.717, 1.165) is 11.3 Å². The fourth-order valence-corrected chi connectivity index (χ4v) is 0.603. The molecule has 0 saturated heterocycles. The average Bonchev–Trinajstić information content (AvgIpc) is 2.02. The molecule has 0 saturated carbocycles. The highest BCUT2D eigenvalue weighted by Crippen LogP contribution is 2.12. The van der Waals surface area contributed by atoms with E-state index in [0.29, 0.717) is 5.16 Å². The smallest absolute Gasteiger partial charge is 0.131 e. The van der Waals surface area contributed by atoms with E-state index in [1.54, 1.807) is 13.2 Å². The molecule has 0 unspecified atom stereocenters. The molecular formula is C8H12ClNO. The van der Waals surface area contributed by atoms with Crippen molar-refractivity contribution >= 4 is 18.3 Å². The van der Waals surface area contributed by atoms with Crippen LogP contribution in [0.25, 0.3) is 0 Å². The minimum Gasteiger partial charge on any atom is -0.501 e. The van der Waals surface area contributed by atoms with Gasteiger partial charge in [-0.15, -0.1) is 0 Å². The number of aliphatic imine (C=N–C) groups is 1. The quantitative estimate of drug-likeness (QED) is 0.278. The third-order valence-corrected chi connectivity index (χ3v) is 1.62. The van der Waals surface area contributed by atoms with Crippen LogP contribution in [-0.4, -0.2) is 13.8 Å². The Labute approximate surface area is 72.2 Å². The van der Waals surface area contributed by atoms with Crippen molar-refractivity contribution in [2.24, 2.45) is 4.99 Å². The maximum absolute atomic E-state index is 5.67. The predicted molar refractivity (Wildman–Crippen MR) is 48.9 cm³/mol. The van der Waals surface area contributed by atoms with Gasteiger partial charge in [-0.1, -0.05) is 11.6 Å². The summed E-state index contributed by atoms with van der Waals surface area (Å²) in [5.41, 5.74) is 0.848. The highest BCUT2D eigenvalue weighted by Gasteiger charge is 1.93. The molecule has 0 aliphatic heterocycles. The first-order valence-corrected chi connectivity index (χ1v) is 3.55. The van der Waals surface area contributed by atoms with Gasteiger partial charge in [0.05, 0.1) is 12.9 Å². The van der Waals surface area contributed by atoms with Crippen LogP contribution < -0.4 is 0 Å². The lowest BCUT2D eigenvalue weighted by molar-refractivity contribution is 0.293. The summed E-state index contributed by atoms with van der Waals surface area (Å²) < 4.78 is 4.92. The lowest BCUT2D eigenvalue weighted by Gasteiger charge is -1.98. The first kappa shape index (κ1) is 10.2. The van der Waals surface area contributed by atoms with Crippen molar-refractivity contribution in [3.8, 4) is 0 Å². The number of halogens is 1. The van der Waals surface area contributed by atoms with Crippen molar-refractivity contribution in [2.75, 3.05) is 7.11 Å². The first-order chi connectivity index (χ1) is 5.11. The normalized spacial score (nSPS) is 14.0. The van der Waals surface area contributed by atoms with E-state index in [-0.39, 0.29) is 0 Å². The zero-order valence-corrected chi connectivity index (χ0v) is 7.77. The molecule has 0 amide bonds. The van der Waals surface area contributed by atoms with Gasteiger partial charge in [-0.2, -0.15) is 0 Å². The number of methoxy groups -OCH3 is 1. The largest absolute Gasteiger partial charge is 0.501 e. The van der Waals surface area contributed by atoms with Crippen LogP contribution in [0.3, 0.4) is 0 Å². The van der Waals surface area contributed by atoms with Crippen LogP contribution in [0.15, 0.2) is 27.6 Å². The van der Waals surface area contributed by atoms with Gasteiger partial charge in [0.25, 0.3) is 0 Å². The van der Waals surface area contributed by atoms with Crippen LogP contribution in [0.5, 0.6) is 0 Å². The highest BCUT2D eigenvalue weighted by molar-refractivity contribution is 6.30. The molecule has 0 spiro atoms. The Hall–Kier alpha value is -0.760. The lowest BCUT2D eigenvalue weighted by atomic mass is 10.3. The Morgan fingerprint density at radius 2 is 2.09 bits per heavy atom. The van der Waals surface area contributed by atoms with Crippen LogP contribution >= 0.6 is 11.6 Å². The summed E-state index contributed by atoms with van der Waals surface area (Å²) in [6.45, 7) is 7.00. The zero-order chi connectivity index (χ0) is 8.85. The molecule has 0 aromatic carbocycles. The van der Waals surface area contributed by atoms with Gasteiger partial charge in [0.15, 0.2) is 0 Å². The van der Waals surface area contributed by atoms with Gasteiger partial charge in [0, 0.05) is 0 Å². The number of hydrogen-bond acceptors (Lipinski definition) is 2. The number of rotatable bonds is 3. The Morgan fingerprint density at radius 3 is 2.45 bits per heavy atom. The van der Waals surface area contributed by atoms with Gasteiger partial charge in [-0.3, -0.25) is 4.99 Å². The van der Waals surface area contributed by atoms with Gasteiger partial charge < -0.3 is 4.74 Å². The van der Waals surface area contributed by atoms with E-state index in [4.69, 9.17) is 16.3 Å². The summed E-state index contributed by atoms with van der Waals surface area (Å²) in [4.78, 5) is 3.57. The Bertz CT molecular complexity index is 206. The second kappa shape index (κ2) is 4.97. The Morgan fingerprint density at radius 1 is 1.55 bits per heavy atom. The summed E-state index contributed by atoms with van der Waals surface area (Å²) in [5.74, 6) is 0.796. The van der Waals surface area contributed by atoms with Gasteiger partial charge in [0.2, 0.25) is 0 Å². The molecule has 62 valence electrons. The molecule has 0 aliphatic rings. The summed E-state index contributed by atoms with van der Waals surface area (Å²) >= 11 is 5.67. The van der Waals surface area contributed by atoms with Crippen LogP contribution in [0.1, 0.15) is 13.8 Å². The molecule has 11 heavy (non-hydrogen) atoms. The van der Waals surface area contributed by atoms with E-state index in [2.05, 4.69) is 11.7 Å². The standard InChI is InChI=1S/C8H12ClNO/c1-6(8(9)10-3)5-7(2)11-4/h5H,3H2,1-2,4H3. The van der Waals surface area contributed by atoms with Crippen LogP contribution in [0, 0.1) is 0 Å². The number of ether oxygens (including phenoxy) is 1. The maximum atomic E-state index is 5.67. The average molecular weight is 174 g/mol. The molecule has 0 radical (unpaired) electrons. The van der Waals surface area contributed by atoms with Crippen molar-refractivity contribution in [1.29, 1.82) is 0 Å². The SMILES string of the molecule is C=NC(Cl)=C(C)C=C(C)OC. The Kier molecular flexibility index (Phi) is 4.62. The molecule has 3 heteroatoms. The molecule has 0 atom stereocenters. The van der Waals surface area contributed by atoms with E-state index >= 15 is 0 Å². The van der Waals surface area contributed by atoms with Gasteiger partial charge in [0.1, 0.15) is 5.16 Å². The van der Waals surface area contributed by atoms with Gasteiger partial charge >= 0.3 is 0 Å². The Balaban J connectivity index is 4.49. The first-order valence-electron chi connectivity index (χ1n) is 3.17.